The largest absolute Gasteiger partial charge is 0.484 e. The van der Waals surface area contributed by atoms with E-state index >= 15 is 0 Å². The minimum Gasteiger partial charge on any atom is -0.484 e. The second kappa shape index (κ2) is 15.4. The van der Waals surface area contributed by atoms with Crippen molar-refractivity contribution in [2.45, 2.75) is 18.2 Å². The van der Waals surface area contributed by atoms with Gasteiger partial charge in [0.15, 0.2) is 6.61 Å². The number of sulfonamides is 1. The molecule has 12 heteroatoms. The predicted molar refractivity (Wildman–Crippen MR) is 173 cm³/mol. The van der Waals surface area contributed by atoms with E-state index < -0.39 is 22.5 Å². The number of hydrogen-bond acceptors (Lipinski definition) is 6. The Bertz CT molecular complexity index is 1700. The number of anilines is 1. The highest BCUT2D eigenvalue weighted by Gasteiger charge is 2.27. The number of aryl methyl sites for hydroxylation is 1. The van der Waals surface area contributed by atoms with Crippen LogP contribution in [0, 0.1) is 6.92 Å². The van der Waals surface area contributed by atoms with E-state index in [4.69, 9.17) is 27.9 Å². The number of benzene rings is 4. The topological polar surface area (TPSA) is 117 Å². The fraction of sp³-hybridized carbons (Fsp3) is 0.156. The van der Waals surface area contributed by atoms with Crippen LogP contribution in [0.15, 0.2) is 107 Å². The molecule has 9 nitrogen and oxygen atoms in total. The summed E-state index contributed by atoms with van der Waals surface area (Å²) in [6, 6.07) is 27.1. The van der Waals surface area contributed by atoms with Crippen LogP contribution < -0.4 is 19.8 Å². The Morgan fingerprint density at radius 3 is 2.20 bits per heavy atom. The molecule has 4 rings (SSSR count). The molecule has 228 valence electrons. The van der Waals surface area contributed by atoms with Crippen molar-refractivity contribution in [3.05, 3.63) is 124 Å². The van der Waals surface area contributed by atoms with Crippen molar-refractivity contribution in [1.82, 2.24) is 10.7 Å². The summed E-state index contributed by atoms with van der Waals surface area (Å²) < 4.78 is 33.5. The van der Waals surface area contributed by atoms with Crippen LogP contribution in [0.5, 0.6) is 5.75 Å². The number of carbonyl (C=O) groups is 2. The lowest BCUT2D eigenvalue weighted by molar-refractivity contribution is -0.123. The van der Waals surface area contributed by atoms with E-state index in [9.17, 15) is 18.0 Å². The minimum absolute atomic E-state index is 0.00229. The molecule has 2 N–H and O–H groups in total. The number of carbonyl (C=O) groups excluding carboxylic acids is 2. The van der Waals surface area contributed by atoms with Gasteiger partial charge in [0.2, 0.25) is 0 Å². The van der Waals surface area contributed by atoms with Gasteiger partial charge in [-0.3, -0.25) is 13.9 Å². The van der Waals surface area contributed by atoms with E-state index in [0.717, 1.165) is 21.9 Å². The van der Waals surface area contributed by atoms with Gasteiger partial charge in [0.1, 0.15) is 12.3 Å². The highest BCUT2D eigenvalue weighted by molar-refractivity contribution is 7.92. The molecule has 0 aromatic heterocycles. The molecule has 0 bridgehead atoms. The van der Waals surface area contributed by atoms with Crippen LogP contribution in [0.25, 0.3) is 0 Å². The van der Waals surface area contributed by atoms with Gasteiger partial charge in [-0.2, -0.15) is 5.10 Å². The zero-order valence-corrected chi connectivity index (χ0v) is 26.1. The van der Waals surface area contributed by atoms with Gasteiger partial charge in [-0.15, -0.1) is 0 Å². The van der Waals surface area contributed by atoms with Crippen LogP contribution in [0.4, 0.5) is 5.69 Å². The quantitative estimate of drug-likeness (QED) is 0.148. The lowest BCUT2D eigenvalue weighted by atomic mass is 10.1. The zero-order chi connectivity index (χ0) is 31.5. The maximum atomic E-state index is 13.5. The van der Waals surface area contributed by atoms with Gasteiger partial charge in [0, 0.05) is 16.6 Å². The zero-order valence-electron chi connectivity index (χ0n) is 23.7. The number of nitrogens with one attached hydrogen (secondary N) is 2. The Hall–Kier alpha value is -4.38. The number of ether oxygens (including phenoxy) is 1. The number of hydrogen-bond donors (Lipinski definition) is 2. The Kier molecular flexibility index (Phi) is 11.4. The normalized spacial score (nSPS) is 11.2. The number of amides is 2. The molecule has 0 aliphatic rings. The van der Waals surface area contributed by atoms with Crippen LogP contribution in [-0.2, 0) is 26.0 Å². The summed E-state index contributed by atoms with van der Waals surface area (Å²) in [6.07, 6.45) is 2.12. The third-order valence-corrected chi connectivity index (χ3v) is 8.49. The van der Waals surface area contributed by atoms with E-state index in [0.29, 0.717) is 17.9 Å². The SMILES string of the molecule is Cc1ccc(S(=O)(=O)N(CC(=O)N/N=C\c2ccc(OCC(=O)NCCc3ccccc3)cc2)c2cc(Cl)cc(Cl)c2)cc1. The lowest BCUT2D eigenvalue weighted by Gasteiger charge is -2.24. The molecular weight excluding hydrogens is 623 g/mol. The molecule has 0 saturated heterocycles. The molecule has 0 aliphatic carbocycles. The minimum atomic E-state index is -4.15. The third kappa shape index (κ3) is 9.57. The van der Waals surface area contributed by atoms with E-state index in [1.807, 2.05) is 37.3 Å². The van der Waals surface area contributed by atoms with Crippen molar-refractivity contribution in [1.29, 1.82) is 0 Å². The average molecular weight is 654 g/mol. The van der Waals surface area contributed by atoms with E-state index in [-0.39, 0.29) is 33.1 Å². The molecule has 4 aromatic carbocycles. The van der Waals surface area contributed by atoms with Crippen molar-refractivity contribution in [3.8, 4) is 5.75 Å². The Morgan fingerprint density at radius 2 is 1.55 bits per heavy atom. The van der Waals surface area contributed by atoms with Gasteiger partial charge in [-0.25, -0.2) is 13.8 Å². The molecule has 0 fully saturated rings. The van der Waals surface area contributed by atoms with Crippen LogP contribution in [0.1, 0.15) is 16.7 Å². The van der Waals surface area contributed by atoms with Gasteiger partial charge in [-0.1, -0.05) is 71.2 Å². The smallest absolute Gasteiger partial charge is 0.264 e. The van der Waals surface area contributed by atoms with Crippen molar-refractivity contribution < 1.29 is 22.7 Å². The predicted octanol–water partition coefficient (Wildman–Crippen LogP) is 5.39. The molecule has 0 heterocycles. The molecule has 0 saturated carbocycles. The maximum Gasteiger partial charge on any atom is 0.264 e. The fourth-order valence-electron chi connectivity index (χ4n) is 4.02. The summed E-state index contributed by atoms with van der Waals surface area (Å²) in [5.41, 5.74) is 5.14. The summed E-state index contributed by atoms with van der Waals surface area (Å²) in [7, 11) is -4.15. The molecule has 44 heavy (non-hydrogen) atoms. The second-order valence-electron chi connectivity index (χ2n) is 9.69. The Balaban J connectivity index is 1.32. The van der Waals surface area contributed by atoms with Crippen molar-refractivity contribution >= 4 is 56.9 Å². The summed E-state index contributed by atoms with van der Waals surface area (Å²) in [5, 5.41) is 7.20. The molecule has 0 aliphatic heterocycles. The molecule has 0 radical (unpaired) electrons. The second-order valence-corrected chi connectivity index (χ2v) is 12.4. The summed E-state index contributed by atoms with van der Waals surface area (Å²) in [6.45, 7) is 1.64. The standard InChI is InChI=1S/C32H30Cl2N4O5S/c1-23-7-13-30(14-8-23)44(41,42)38(28-18-26(33)17-27(34)19-28)21-31(39)37-36-20-25-9-11-29(12-10-25)43-22-32(40)35-16-15-24-5-3-2-4-6-24/h2-14,17-20H,15-16,21-22H2,1H3,(H,35,40)(H,37,39)/b36-20-. The molecule has 0 atom stereocenters. The van der Waals surface area contributed by atoms with Gasteiger partial charge in [0.25, 0.3) is 21.8 Å². The molecule has 4 aromatic rings. The fourth-order valence-corrected chi connectivity index (χ4v) is 5.94. The van der Waals surface area contributed by atoms with Crippen LogP contribution in [0.3, 0.4) is 0 Å². The van der Waals surface area contributed by atoms with Gasteiger partial charge in [0.05, 0.1) is 16.8 Å². The van der Waals surface area contributed by atoms with Gasteiger partial charge >= 0.3 is 0 Å². The highest BCUT2D eigenvalue weighted by atomic mass is 35.5. The van der Waals surface area contributed by atoms with Crippen LogP contribution in [-0.4, -0.2) is 46.1 Å². The summed E-state index contributed by atoms with van der Waals surface area (Å²) >= 11 is 12.3. The molecule has 2 amide bonds. The first-order chi connectivity index (χ1) is 21.1. The Morgan fingerprint density at radius 1 is 0.886 bits per heavy atom. The number of rotatable bonds is 13. The van der Waals surface area contributed by atoms with Crippen LogP contribution in [0.2, 0.25) is 10.0 Å². The molecular formula is C32H30Cl2N4O5S. The molecule has 0 spiro atoms. The third-order valence-electron chi connectivity index (χ3n) is 6.26. The number of halogens is 2. The first kappa shape index (κ1) is 32.5. The number of hydrazone groups is 1. The number of nitrogens with zero attached hydrogens (tertiary/aromatic N) is 2. The van der Waals surface area contributed by atoms with E-state index in [1.165, 1.54) is 36.5 Å². The van der Waals surface area contributed by atoms with Crippen molar-refractivity contribution in [2.24, 2.45) is 5.10 Å². The van der Waals surface area contributed by atoms with E-state index in [1.54, 1.807) is 36.4 Å². The van der Waals surface area contributed by atoms with E-state index in [2.05, 4.69) is 15.8 Å². The first-order valence-corrected chi connectivity index (χ1v) is 15.7. The molecule has 0 unspecified atom stereocenters. The van der Waals surface area contributed by atoms with Gasteiger partial charge in [-0.05, 0) is 79.1 Å². The monoisotopic (exact) mass is 652 g/mol. The summed E-state index contributed by atoms with van der Waals surface area (Å²) in [4.78, 5) is 24.9. The maximum absolute atomic E-state index is 13.5. The van der Waals surface area contributed by atoms with Crippen LogP contribution >= 0.6 is 23.2 Å². The first-order valence-electron chi connectivity index (χ1n) is 13.5. The van der Waals surface area contributed by atoms with Gasteiger partial charge < -0.3 is 10.1 Å². The average Bonchev–Trinajstić information content (AvgIpc) is 2.99. The Labute approximate surface area is 266 Å². The summed E-state index contributed by atoms with van der Waals surface area (Å²) in [5.74, 6) is -0.430. The van der Waals surface area contributed by atoms with Crippen molar-refractivity contribution in [3.63, 3.8) is 0 Å². The highest BCUT2D eigenvalue weighted by Crippen LogP contribution is 2.29. The van der Waals surface area contributed by atoms with Crippen molar-refractivity contribution in [2.75, 3.05) is 24.0 Å². The lowest BCUT2D eigenvalue weighted by Crippen LogP contribution is -2.39.